The first-order chi connectivity index (χ1) is 12.3. The predicted octanol–water partition coefficient (Wildman–Crippen LogP) is 4.93. The maximum Gasteiger partial charge on any atom is 0.229 e. The number of hydrogen-bond acceptors (Lipinski definition) is 5. The number of ether oxygens (including phenoxy) is 1. The summed E-state index contributed by atoms with van der Waals surface area (Å²) in [7, 11) is -1.65. The molecule has 5 nitrogen and oxygen atoms in total. The maximum atomic E-state index is 11.3. The summed E-state index contributed by atoms with van der Waals surface area (Å²) in [6.07, 6.45) is 1.13. The number of anilines is 1. The minimum Gasteiger partial charge on any atom is -0.496 e. The molecule has 0 saturated carbocycles. The second-order valence-electron chi connectivity index (χ2n) is 5.72. The summed E-state index contributed by atoms with van der Waals surface area (Å²) < 4.78 is 31.5. The van der Waals surface area contributed by atoms with Gasteiger partial charge in [0.15, 0.2) is 0 Å². The van der Waals surface area contributed by atoms with E-state index in [1.165, 1.54) is 0 Å². The zero-order valence-electron chi connectivity index (χ0n) is 14.4. The van der Waals surface area contributed by atoms with Gasteiger partial charge in [-0.25, -0.2) is 13.4 Å². The molecule has 136 valence electrons. The van der Waals surface area contributed by atoms with E-state index in [1.54, 1.807) is 30.6 Å². The molecule has 1 heterocycles. The molecule has 26 heavy (non-hydrogen) atoms. The predicted molar refractivity (Wildman–Crippen MR) is 110 cm³/mol. The molecule has 0 atom stereocenters. The average molecular weight is 453 g/mol. The Bertz CT molecular complexity index is 1040. The van der Waals surface area contributed by atoms with E-state index >= 15 is 0 Å². The van der Waals surface area contributed by atoms with Gasteiger partial charge in [0.25, 0.3) is 0 Å². The van der Waals surface area contributed by atoms with Gasteiger partial charge in [-0.05, 0) is 37.3 Å². The van der Waals surface area contributed by atoms with Crippen LogP contribution in [-0.4, -0.2) is 26.8 Å². The highest BCUT2D eigenvalue weighted by atomic mass is 79.9. The third-order valence-corrected chi connectivity index (χ3v) is 5.75. The molecule has 0 fully saturated rings. The number of benzene rings is 2. The zero-order valence-corrected chi connectivity index (χ0v) is 17.6. The van der Waals surface area contributed by atoms with Crippen molar-refractivity contribution in [3.8, 4) is 27.6 Å². The number of aromatic nitrogens is 1. The summed E-state index contributed by atoms with van der Waals surface area (Å²) in [6, 6.07) is 13.0. The SMILES string of the molecule is COc1ccc(Br)cc1-c1nc(-c2ccc(NS(C)(=O)=O)cc2)c(C)s1. The van der Waals surface area contributed by atoms with Crippen molar-refractivity contribution in [3.63, 3.8) is 0 Å². The van der Waals surface area contributed by atoms with E-state index in [0.717, 1.165) is 43.2 Å². The Balaban J connectivity index is 1.98. The number of aryl methyl sites for hydroxylation is 1. The molecule has 2 aromatic carbocycles. The molecule has 0 radical (unpaired) electrons. The highest BCUT2D eigenvalue weighted by Crippen LogP contribution is 2.38. The Morgan fingerprint density at radius 1 is 1.15 bits per heavy atom. The van der Waals surface area contributed by atoms with Crippen LogP contribution in [0.15, 0.2) is 46.9 Å². The van der Waals surface area contributed by atoms with Crippen LogP contribution >= 0.6 is 27.3 Å². The van der Waals surface area contributed by atoms with Crippen molar-refractivity contribution in [3.05, 3.63) is 51.8 Å². The maximum absolute atomic E-state index is 11.3. The summed E-state index contributed by atoms with van der Waals surface area (Å²) in [5, 5.41) is 0.869. The van der Waals surface area contributed by atoms with Crippen molar-refractivity contribution < 1.29 is 13.2 Å². The first-order valence-electron chi connectivity index (χ1n) is 7.66. The fourth-order valence-corrected chi connectivity index (χ4v) is 4.42. The molecule has 3 rings (SSSR count). The van der Waals surface area contributed by atoms with Gasteiger partial charge >= 0.3 is 0 Å². The van der Waals surface area contributed by atoms with Gasteiger partial charge in [-0.15, -0.1) is 11.3 Å². The number of nitrogens with zero attached hydrogens (tertiary/aromatic N) is 1. The third kappa shape index (κ3) is 4.25. The summed E-state index contributed by atoms with van der Waals surface area (Å²) in [5.41, 5.74) is 3.26. The molecule has 0 aliphatic heterocycles. The Kier molecular flexibility index (Phi) is 5.36. The van der Waals surface area contributed by atoms with Crippen molar-refractivity contribution in [2.24, 2.45) is 0 Å². The van der Waals surface area contributed by atoms with Crippen LogP contribution in [0, 0.1) is 6.92 Å². The molecule has 0 amide bonds. The van der Waals surface area contributed by atoms with Crippen LogP contribution in [0.2, 0.25) is 0 Å². The lowest BCUT2D eigenvalue weighted by molar-refractivity contribution is 0.416. The molecule has 0 unspecified atom stereocenters. The Hall–Kier alpha value is -1.90. The van der Waals surface area contributed by atoms with Gasteiger partial charge < -0.3 is 4.74 Å². The molecule has 3 aromatic rings. The van der Waals surface area contributed by atoms with E-state index in [0.29, 0.717) is 5.69 Å². The number of nitrogens with one attached hydrogen (secondary N) is 1. The molecule has 0 aliphatic rings. The topological polar surface area (TPSA) is 68.3 Å². The lowest BCUT2D eigenvalue weighted by Crippen LogP contribution is -2.09. The minimum absolute atomic E-state index is 0.526. The van der Waals surface area contributed by atoms with Crippen molar-refractivity contribution >= 4 is 43.0 Å². The van der Waals surface area contributed by atoms with Crippen LogP contribution < -0.4 is 9.46 Å². The summed E-state index contributed by atoms with van der Waals surface area (Å²) in [6.45, 7) is 2.02. The highest BCUT2D eigenvalue weighted by Gasteiger charge is 2.15. The highest BCUT2D eigenvalue weighted by molar-refractivity contribution is 9.10. The third-order valence-electron chi connectivity index (χ3n) is 3.65. The van der Waals surface area contributed by atoms with Crippen molar-refractivity contribution in [1.29, 1.82) is 0 Å². The van der Waals surface area contributed by atoms with Crippen LogP contribution in [0.1, 0.15) is 4.88 Å². The van der Waals surface area contributed by atoms with Crippen LogP contribution in [0.4, 0.5) is 5.69 Å². The van der Waals surface area contributed by atoms with E-state index in [9.17, 15) is 8.42 Å². The fraction of sp³-hybridized carbons (Fsp3) is 0.167. The van der Waals surface area contributed by atoms with E-state index in [4.69, 9.17) is 9.72 Å². The molecule has 0 saturated heterocycles. The van der Waals surface area contributed by atoms with Crippen LogP contribution in [0.25, 0.3) is 21.8 Å². The van der Waals surface area contributed by atoms with Crippen LogP contribution in [0.3, 0.4) is 0 Å². The molecular weight excluding hydrogens is 436 g/mol. The molecule has 0 bridgehead atoms. The summed E-state index contributed by atoms with van der Waals surface area (Å²) in [5.74, 6) is 0.765. The Morgan fingerprint density at radius 3 is 2.46 bits per heavy atom. The molecule has 8 heteroatoms. The largest absolute Gasteiger partial charge is 0.496 e. The number of methoxy groups -OCH3 is 1. The fourth-order valence-electron chi connectivity index (χ4n) is 2.54. The molecule has 1 aromatic heterocycles. The molecule has 0 aliphatic carbocycles. The standard InChI is InChI=1S/C18H17BrN2O3S2/c1-11-17(12-4-7-14(8-5-12)21-26(3,22)23)20-18(25-11)15-10-13(19)6-9-16(15)24-2/h4-10,21H,1-3H3. The monoisotopic (exact) mass is 452 g/mol. The lowest BCUT2D eigenvalue weighted by Gasteiger charge is -2.06. The quantitative estimate of drug-likeness (QED) is 0.595. The first kappa shape index (κ1) is 18.9. The van der Waals surface area contributed by atoms with E-state index < -0.39 is 10.0 Å². The number of halogens is 1. The van der Waals surface area contributed by atoms with Gasteiger partial charge in [0.2, 0.25) is 10.0 Å². The van der Waals surface area contributed by atoms with Crippen molar-refractivity contribution in [2.45, 2.75) is 6.92 Å². The number of thiazole rings is 1. The van der Waals surface area contributed by atoms with E-state index in [1.807, 2.05) is 37.3 Å². The first-order valence-corrected chi connectivity index (χ1v) is 11.2. The van der Waals surface area contributed by atoms with Crippen LogP contribution in [-0.2, 0) is 10.0 Å². The van der Waals surface area contributed by atoms with Crippen molar-refractivity contribution in [1.82, 2.24) is 4.98 Å². The number of sulfonamides is 1. The molecular formula is C18H17BrN2O3S2. The van der Waals surface area contributed by atoms with Gasteiger partial charge in [-0.2, -0.15) is 0 Å². The second kappa shape index (κ2) is 7.38. The van der Waals surface area contributed by atoms with Gasteiger partial charge in [-0.3, -0.25) is 4.72 Å². The Labute approximate surface area is 165 Å². The van der Waals surface area contributed by atoms with E-state index in [-0.39, 0.29) is 0 Å². The average Bonchev–Trinajstić information content (AvgIpc) is 2.96. The normalized spacial score (nSPS) is 11.4. The number of rotatable bonds is 5. The summed E-state index contributed by atoms with van der Waals surface area (Å²) in [4.78, 5) is 5.86. The van der Waals surface area contributed by atoms with Crippen molar-refractivity contribution in [2.75, 3.05) is 18.1 Å². The van der Waals surface area contributed by atoms with Gasteiger partial charge in [0, 0.05) is 20.6 Å². The van der Waals surface area contributed by atoms with Gasteiger partial charge in [0.1, 0.15) is 10.8 Å². The molecule has 0 spiro atoms. The zero-order chi connectivity index (χ0) is 18.9. The minimum atomic E-state index is -3.29. The van der Waals surface area contributed by atoms with Crippen LogP contribution in [0.5, 0.6) is 5.75 Å². The number of hydrogen-bond donors (Lipinski definition) is 1. The Morgan fingerprint density at radius 2 is 1.85 bits per heavy atom. The van der Waals surface area contributed by atoms with Gasteiger partial charge in [-0.1, -0.05) is 28.1 Å². The smallest absolute Gasteiger partial charge is 0.229 e. The van der Waals surface area contributed by atoms with E-state index in [2.05, 4.69) is 20.7 Å². The second-order valence-corrected chi connectivity index (χ2v) is 9.59. The molecule has 1 N–H and O–H groups in total. The summed E-state index contributed by atoms with van der Waals surface area (Å²) >= 11 is 5.08. The lowest BCUT2D eigenvalue weighted by atomic mass is 10.1. The van der Waals surface area contributed by atoms with Gasteiger partial charge in [0.05, 0.1) is 24.6 Å².